The molecule has 7 nitrogen and oxygen atoms in total. The number of aromatic nitrogens is 2. The van der Waals surface area contributed by atoms with Crippen molar-refractivity contribution in [1.29, 1.82) is 0 Å². The van der Waals surface area contributed by atoms with Crippen LogP contribution in [0.2, 0.25) is 0 Å². The number of nitrogens with one attached hydrogen (secondary N) is 1. The maximum absolute atomic E-state index is 5.50. The first kappa shape index (κ1) is 23.3. The first-order valence-electron chi connectivity index (χ1n) is 11.3. The van der Waals surface area contributed by atoms with Crippen molar-refractivity contribution in [3.05, 3.63) is 34.5 Å². The van der Waals surface area contributed by atoms with Crippen LogP contribution in [0.1, 0.15) is 49.6 Å². The molecular weight excluding hydrogens is 436 g/mol. The molecule has 0 saturated heterocycles. The van der Waals surface area contributed by atoms with E-state index >= 15 is 0 Å². The Labute approximate surface area is 199 Å². The van der Waals surface area contributed by atoms with E-state index in [0.29, 0.717) is 28.6 Å². The van der Waals surface area contributed by atoms with Crippen molar-refractivity contribution in [3.63, 3.8) is 0 Å². The lowest BCUT2D eigenvalue weighted by Gasteiger charge is -2.36. The number of ether oxygens (including phenoxy) is 3. The van der Waals surface area contributed by atoms with Gasteiger partial charge in [0.1, 0.15) is 16.9 Å². The van der Waals surface area contributed by atoms with E-state index in [1.54, 1.807) is 51.3 Å². The molecule has 2 aromatic heterocycles. The summed E-state index contributed by atoms with van der Waals surface area (Å²) in [4.78, 5) is 11.5. The van der Waals surface area contributed by atoms with E-state index in [1.165, 1.54) is 23.3 Å². The van der Waals surface area contributed by atoms with Gasteiger partial charge in [0.05, 0.1) is 32.9 Å². The molecule has 0 saturated carbocycles. The first-order valence-corrected chi connectivity index (χ1v) is 12.1. The smallest absolute Gasteiger partial charge is 0.164 e. The summed E-state index contributed by atoms with van der Waals surface area (Å²) in [6, 6.07) is 3.62. The fourth-order valence-electron chi connectivity index (χ4n) is 4.47. The molecule has 33 heavy (non-hydrogen) atoms. The van der Waals surface area contributed by atoms with Crippen LogP contribution in [0.4, 0.5) is 5.82 Å². The van der Waals surface area contributed by atoms with Crippen LogP contribution < -0.4 is 19.6 Å². The van der Waals surface area contributed by atoms with E-state index < -0.39 is 0 Å². The molecule has 0 fully saturated rings. The molecule has 176 valence electrons. The summed E-state index contributed by atoms with van der Waals surface area (Å²) >= 11 is 1.79. The number of thiophene rings is 1. The Kier molecular flexibility index (Phi) is 6.74. The molecule has 1 N–H and O–H groups in total. The van der Waals surface area contributed by atoms with Crippen molar-refractivity contribution in [2.75, 3.05) is 26.8 Å². The number of hydrazone groups is 1. The highest BCUT2D eigenvalue weighted by Crippen LogP contribution is 2.45. The van der Waals surface area contributed by atoms with Gasteiger partial charge in [-0.2, -0.15) is 5.10 Å². The molecule has 0 bridgehead atoms. The van der Waals surface area contributed by atoms with Crippen LogP contribution in [-0.2, 0) is 12.8 Å². The largest absolute Gasteiger partial charge is 0.496 e. The molecule has 1 atom stereocenters. The van der Waals surface area contributed by atoms with Crippen LogP contribution in [0.5, 0.6) is 17.2 Å². The van der Waals surface area contributed by atoms with E-state index in [0.717, 1.165) is 34.4 Å². The van der Waals surface area contributed by atoms with Crippen molar-refractivity contribution in [1.82, 2.24) is 9.97 Å². The van der Waals surface area contributed by atoms with Gasteiger partial charge in [0, 0.05) is 16.5 Å². The highest BCUT2D eigenvalue weighted by molar-refractivity contribution is 7.19. The summed E-state index contributed by atoms with van der Waals surface area (Å²) in [5.41, 5.74) is 5.62. The Hall–Kier alpha value is -2.87. The minimum atomic E-state index is 0.317. The molecule has 0 aliphatic heterocycles. The molecule has 0 amide bonds. The summed E-state index contributed by atoms with van der Waals surface area (Å²) in [7, 11) is 4.82. The summed E-state index contributed by atoms with van der Waals surface area (Å²) in [6.07, 6.45) is 7.88. The third-order valence-corrected chi connectivity index (χ3v) is 8.17. The molecule has 0 radical (unpaired) electrons. The number of nitrogens with zero attached hydrogens (tertiary/aromatic N) is 3. The molecule has 1 aromatic carbocycles. The number of fused-ring (bicyclic) bond motifs is 3. The minimum Gasteiger partial charge on any atom is -0.496 e. The molecule has 3 aromatic rings. The number of anilines is 1. The van der Waals surface area contributed by atoms with Gasteiger partial charge in [-0.05, 0) is 42.2 Å². The predicted octanol–water partition coefficient (Wildman–Crippen LogP) is 5.70. The number of rotatable bonds is 8. The zero-order valence-corrected chi connectivity index (χ0v) is 21.0. The molecule has 2 heterocycles. The van der Waals surface area contributed by atoms with Crippen LogP contribution in [0.3, 0.4) is 0 Å². The van der Waals surface area contributed by atoms with Crippen LogP contribution in [-0.4, -0.2) is 37.5 Å². The van der Waals surface area contributed by atoms with E-state index in [1.807, 2.05) is 6.07 Å². The number of hydrogen-bond acceptors (Lipinski definition) is 8. The maximum Gasteiger partial charge on any atom is 0.164 e. The summed E-state index contributed by atoms with van der Waals surface area (Å²) in [6.45, 7) is 7.05. The zero-order chi connectivity index (χ0) is 23.6. The fraction of sp³-hybridized carbons (Fsp3) is 0.480. The lowest BCUT2D eigenvalue weighted by Crippen LogP contribution is -2.28. The lowest BCUT2D eigenvalue weighted by molar-refractivity contribution is 0.184. The standard InChI is InChI=1S/C25H32N4O3S/c1-7-25(2,3)16-8-9-21-17(11-16)22-23(26-14-27-24(22)33-21)29-28-13-15-10-19(31-5)20(32-6)12-18(15)30-4/h10,12-14,16H,7-9,11H2,1-6H3,(H,26,27,29)/b28-13-/t16-/m1/s1. The minimum absolute atomic E-state index is 0.317. The SMILES string of the molecule is CCC(C)(C)[C@@H]1CCc2sc3ncnc(N/N=C\c4cc(OC)c(OC)cc4OC)c3c2C1. The molecule has 0 spiro atoms. The van der Waals surface area contributed by atoms with Crippen LogP contribution >= 0.6 is 11.3 Å². The maximum atomic E-state index is 5.50. The van der Waals surface area contributed by atoms with Crippen molar-refractivity contribution in [3.8, 4) is 17.2 Å². The van der Waals surface area contributed by atoms with Crippen molar-refractivity contribution < 1.29 is 14.2 Å². The van der Waals surface area contributed by atoms with Crippen LogP contribution in [0.15, 0.2) is 23.6 Å². The highest BCUT2D eigenvalue weighted by atomic mass is 32.1. The third kappa shape index (κ3) is 4.49. The Morgan fingerprint density at radius 1 is 1.12 bits per heavy atom. The molecule has 1 aliphatic rings. The average molecular weight is 469 g/mol. The van der Waals surface area contributed by atoms with Crippen LogP contribution in [0.25, 0.3) is 10.2 Å². The van der Waals surface area contributed by atoms with Gasteiger partial charge in [-0.1, -0.05) is 27.2 Å². The number of benzene rings is 1. The van der Waals surface area contributed by atoms with Gasteiger partial charge >= 0.3 is 0 Å². The number of aryl methyl sites for hydroxylation is 1. The number of hydrogen-bond donors (Lipinski definition) is 1. The fourth-order valence-corrected chi connectivity index (χ4v) is 5.65. The Morgan fingerprint density at radius 3 is 2.55 bits per heavy atom. The second kappa shape index (κ2) is 9.55. The monoisotopic (exact) mass is 468 g/mol. The normalized spacial score (nSPS) is 16.1. The molecule has 4 rings (SSSR count). The van der Waals surface area contributed by atoms with Crippen molar-refractivity contribution >= 4 is 33.6 Å². The van der Waals surface area contributed by atoms with E-state index in [4.69, 9.17) is 14.2 Å². The summed E-state index contributed by atoms with van der Waals surface area (Å²) in [5.74, 6) is 3.25. The van der Waals surface area contributed by atoms with Gasteiger partial charge in [-0.3, -0.25) is 5.43 Å². The second-order valence-electron chi connectivity index (χ2n) is 9.01. The Balaban J connectivity index is 1.65. The summed E-state index contributed by atoms with van der Waals surface area (Å²) in [5, 5.41) is 5.58. The molecule has 1 aliphatic carbocycles. The zero-order valence-electron chi connectivity index (χ0n) is 20.2. The van der Waals surface area contributed by atoms with E-state index in [2.05, 4.69) is 41.3 Å². The molecule has 0 unspecified atom stereocenters. The molecule has 8 heteroatoms. The third-order valence-electron chi connectivity index (χ3n) is 6.97. The van der Waals surface area contributed by atoms with Gasteiger partial charge in [0.2, 0.25) is 0 Å². The van der Waals surface area contributed by atoms with Crippen molar-refractivity contribution in [2.24, 2.45) is 16.4 Å². The highest BCUT2D eigenvalue weighted by Gasteiger charge is 2.33. The lowest BCUT2D eigenvalue weighted by atomic mass is 9.69. The first-order chi connectivity index (χ1) is 15.9. The average Bonchev–Trinajstić information content (AvgIpc) is 3.22. The Morgan fingerprint density at radius 2 is 1.85 bits per heavy atom. The van der Waals surface area contributed by atoms with Gasteiger partial charge in [-0.15, -0.1) is 11.3 Å². The topological polar surface area (TPSA) is 77.9 Å². The Bertz CT molecular complexity index is 1170. The van der Waals surface area contributed by atoms with Crippen molar-refractivity contribution in [2.45, 2.75) is 46.5 Å². The van der Waals surface area contributed by atoms with E-state index in [-0.39, 0.29) is 0 Å². The van der Waals surface area contributed by atoms with Crippen LogP contribution in [0, 0.1) is 11.3 Å². The van der Waals surface area contributed by atoms with Gasteiger partial charge in [0.25, 0.3) is 0 Å². The molecular formula is C25H32N4O3S. The van der Waals surface area contributed by atoms with Gasteiger partial charge < -0.3 is 14.2 Å². The van der Waals surface area contributed by atoms with E-state index in [9.17, 15) is 0 Å². The predicted molar refractivity (Wildman–Crippen MR) is 134 cm³/mol. The summed E-state index contributed by atoms with van der Waals surface area (Å²) < 4.78 is 16.3. The quantitative estimate of drug-likeness (QED) is 0.337. The second-order valence-corrected chi connectivity index (χ2v) is 10.1. The van der Waals surface area contributed by atoms with Gasteiger partial charge in [0.15, 0.2) is 17.3 Å². The van der Waals surface area contributed by atoms with Gasteiger partial charge in [-0.25, -0.2) is 9.97 Å². The number of methoxy groups -OCH3 is 3.